The standard InChI is InChI=1S/C17H29NO2/c1-7-17(20,8-2)15-11-9-10-14(15)16(19)18(12(3)4)13(5)6/h9-14,20H,7-8H2,1-6H3. The number of hydrogen-bond donors (Lipinski definition) is 1. The minimum absolute atomic E-state index is 0.0929. The van der Waals surface area contributed by atoms with E-state index in [2.05, 4.69) is 0 Å². The van der Waals surface area contributed by atoms with Crippen LogP contribution < -0.4 is 0 Å². The van der Waals surface area contributed by atoms with Crippen LogP contribution >= 0.6 is 0 Å². The van der Waals surface area contributed by atoms with Gasteiger partial charge in [0, 0.05) is 12.1 Å². The Labute approximate surface area is 123 Å². The van der Waals surface area contributed by atoms with Gasteiger partial charge in [0.25, 0.3) is 0 Å². The first-order valence-corrected chi connectivity index (χ1v) is 7.71. The molecular formula is C17H29NO2. The van der Waals surface area contributed by atoms with Gasteiger partial charge in [-0.05, 0) is 46.1 Å². The van der Waals surface area contributed by atoms with Gasteiger partial charge in [0.1, 0.15) is 0 Å². The van der Waals surface area contributed by atoms with Gasteiger partial charge < -0.3 is 10.0 Å². The molecule has 0 spiro atoms. The third-order valence-corrected chi connectivity index (χ3v) is 4.25. The van der Waals surface area contributed by atoms with E-state index in [1.165, 1.54) is 0 Å². The quantitative estimate of drug-likeness (QED) is 0.810. The van der Waals surface area contributed by atoms with E-state index < -0.39 is 5.60 Å². The number of allylic oxidation sites excluding steroid dienone is 2. The molecule has 0 aromatic heterocycles. The molecule has 0 saturated heterocycles. The van der Waals surface area contributed by atoms with E-state index in [0.717, 1.165) is 5.57 Å². The Balaban J connectivity index is 3.04. The molecule has 0 heterocycles. The number of rotatable bonds is 6. The van der Waals surface area contributed by atoms with Gasteiger partial charge in [0.05, 0.1) is 11.5 Å². The molecule has 114 valence electrons. The Hall–Kier alpha value is -1.09. The van der Waals surface area contributed by atoms with Crippen LogP contribution in [0.1, 0.15) is 54.4 Å². The summed E-state index contributed by atoms with van der Waals surface area (Å²) >= 11 is 0. The molecule has 1 unspecified atom stereocenters. The first kappa shape index (κ1) is 17.0. The largest absolute Gasteiger partial charge is 0.385 e. The lowest BCUT2D eigenvalue weighted by Gasteiger charge is -2.36. The summed E-state index contributed by atoms with van der Waals surface area (Å²) in [5.74, 6) is -0.222. The SMILES string of the molecule is CCC(O)(CC)C1=CC=CC1C(=O)N(C(C)C)C(C)C. The van der Waals surface area contributed by atoms with Gasteiger partial charge in [-0.2, -0.15) is 0 Å². The molecule has 3 nitrogen and oxygen atoms in total. The molecule has 0 saturated carbocycles. The normalized spacial score (nSPS) is 18.9. The second kappa shape index (κ2) is 6.57. The summed E-state index contributed by atoms with van der Waals surface area (Å²) in [6, 6.07) is 0.322. The molecule has 0 aromatic rings. The van der Waals surface area contributed by atoms with Crippen LogP contribution in [0.3, 0.4) is 0 Å². The van der Waals surface area contributed by atoms with Crippen LogP contribution in [0.15, 0.2) is 23.8 Å². The summed E-state index contributed by atoms with van der Waals surface area (Å²) in [7, 11) is 0. The number of nitrogens with zero attached hydrogens (tertiary/aromatic N) is 1. The molecule has 0 aromatic carbocycles. The smallest absolute Gasteiger partial charge is 0.234 e. The molecule has 1 rings (SSSR count). The summed E-state index contributed by atoms with van der Waals surface area (Å²) in [5, 5.41) is 10.7. The van der Waals surface area contributed by atoms with Crippen molar-refractivity contribution < 1.29 is 9.90 Å². The average molecular weight is 279 g/mol. The van der Waals surface area contributed by atoms with Crippen LogP contribution in [-0.4, -0.2) is 33.6 Å². The van der Waals surface area contributed by atoms with E-state index >= 15 is 0 Å². The molecule has 1 N–H and O–H groups in total. The molecule has 3 heteroatoms. The fraction of sp³-hybridized carbons (Fsp3) is 0.706. The second-order valence-corrected chi connectivity index (χ2v) is 6.16. The van der Waals surface area contributed by atoms with Crippen molar-refractivity contribution in [3.05, 3.63) is 23.8 Å². The van der Waals surface area contributed by atoms with Crippen LogP contribution in [0.25, 0.3) is 0 Å². The third kappa shape index (κ3) is 3.14. The van der Waals surface area contributed by atoms with Crippen molar-refractivity contribution in [1.29, 1.82) is 0 Å². The van der Waals surface area contributed by atoms with Crippen LogP contribution in [0.2, 0.25) is 0 Å². The minimum Gasteiger partial charge on any atom is -0.385 e. The molecule has 0 bridgehead atoms. The first-order chi connectivity index (χ1) is 9.28. The predicted molar refractivity (Wildman–Crippen MR) is 83.4 cm³/mol. The highest BCUT2D eigenvalue weighted by Gasteiger charge is 2.39. The van der Waals surface area contributed by atoms with Crippen molar-refractivity contribution >= 4 is 5.91 Å². The topological polar surface area (TPSA) is 40.5 Å². The molecule has 1 aliphatic carbocycles. The van der Waals surface area contributed by atoms with Gasteiger partial charge in [-0.15, -0.1) is 0 Å². The van der Waals surface area contributed by atoms with Crippen molar-refractivity contribution in [2.75, 3.05) is 0 Å². The Morgan fingerprint density at radius 2 is 1.75 bits per heavy atom. The molecule has 0 aliphatic heterocycles. The fourth-order valence-corrected chi connectivity index (χ4v) is 3.06. The summed E-state index contributed by atoms with van der Waals surface area (Å²) < 4.78 is 0. The first-order valence-electron chi connectivity index (χ1n) is 7.71. The van der Waals surface area contributed by atoms with Crippen molar-refractivity contribution in [3.8, 4) is 0 Å². The maximum absolute atomic E-state index is 12.8. The summed E-state index contributed by atoms with van der Waals surface area (Å²) in [4.78, 5) is 14.7. The zero-order valence-electron chi connectivity index (χ0n) is 13.7. The van der Waals surface area contributed by atoms with Gasteiger partial charge in [-0.25, -0.2) is 0 Å². The van der Waals surface area contributed by atoms with Crippen molar-refractivity contribution in [2.24, 2.45) is 5.92 Å². The molecule has 1 aliphatic rings. The molecule has 20 heavy (non-hydrogen) atoms. The Bertz CT molecular complexity index is 395. The zero-order valence-corrected chi connectivity index (χ0v) is 13.7. The van der Waals surface area contributed by atoms with Gasteiger partial charge in [0.15, 0.2) is 0 Å². The Morgan fingerprint density at radius 1 is 1.25 bits per heavy atom. The highest BCUT2D eigenvalue weighted by molar-refractivity contribution is 5.85. The van der Waals surface area contributed by atoms with Crippen molar-refractivity contribution in [2.45, 2.75) is 72.1 Å². The van der Waals surface area contributed by atoms with Gasteiger partial charge >= 0.3 is 0 Å². The number of aliphatic hydroxyl groups is 1. The van der Waals surface area contributed by atoms with E-state index in [9.17, 15) is 9.90 Å². The van der Waals surface area contributed by atoms with Crippen LogP contribution in [0, 0.1) is 5.92 Å². The van der Waals surface area contributed by atoms with E-state index in [0.29, 0.717) is 12.8 Å². The van der Waals surface area contributed by atoms with Gasteiger partial charge in [-0.1, -0.05) is 32.1 Å². The number of carbonyl (C=O) groups excluding carboxylic acids is 1. The fourth-order valence-electron chi connectivity index (χ4n) is 3.06. The maximum Gasteiger partial charge on any atom is 0.234 e. The molecule has 0 radical (unpaired) electrons. The Morgan fingerprint density at radius 3 is 2.15 bits per heavy atom. The lowest BCUT2D eigenvalue weighted by molar-refractivity contribution is -0.137. The highest BCUT2D eigenvalue weighted by atomic mass is 16.3. The van der Waals surface area contributed by atoms with E-state index in [1.807, 2.05) is 64.7 Å². The van der Waals surface area contributed by atoms with Crippen LogP contribution in [0.5, 0.6) is 0 Å². The molecule has 1 amide bonds. The lowest BCUT2D eigenvalue weighted by Crippen LogP contribution is -2.47. The lowest BCUT2D eigenvalue weighted by atomic mass is 9.81. The maximum atomic E-state index is 12.8. The molecule has 1 atom stereocenters. The van der Waals surface area contributed by atoms with Gasteiger partial charge in [0.2, 0.25) is 5.91 Å². The minimum atomic E-state index is -0.872. The van der Waals surface area contributed by atoms with E-state index in [4.69, 9.17) is 0 Å². The summed E-state index contributed by atoms with van der Waals surface area (Å²) in [6.45, 7) is 12.1. The number of carbonyl (C=O) groups is 1. The van der Waals surface area contributed by atoms with Crippen molar-refractivity contribution in [3.63, 3.8) is 0 Å². The third-order valence-electron chi connectivity index (χ3n) is 4.25. The predicted octanol–water partition coefficient (Wildman–Crippen LogP) is 3.30. The highest BCUT2D eigenvalue weighted by Crippen LogP contribution is 2.36. The number of amides is 1. The van der Waals surface area contributed by atoms with E-state index in [1.54, 1.807) is 0 Å². The zero-order chi connectivity index (χ0) is 15.5. The monoisotopic (exact) mass is 279 g/mol. The number of hydrogen-bond acceptors (Lipinski definition) is 2. The van der Waals surface area contributed by atoms with Gasteiger partial charge in [-0.3, -0.25) is 4.79 Å². The summed E-state index contributed by atoms with van der Waals surface area (Å²) in [5.41, 5.74) is -0.0255. The van der Waals surface area contributed by atoms with E-state index in [-0.39, 0.29) is 23.9 Å². The Kier molecular flexibility index (Phi) is 5.58. The molecule has 0 fully saturated rings. The van der Waals surface area contributed by atoms with Crippen molar-refractivity contribution in [1.82, 2.24) is 4.90 Å². The average Bonchev–Trinajstić information content (AvgIpc) is 2.86. The van der Waals surface area contributed by atoms with Crippen LogP contribution in [-0.2, 0) is 4.79 Å². The summed E-state index contributed by atoms with van der Waals surface area (Å²) in [6.07, 6.45) is 6.97. The van der Waals surface area contributed by atoms with Crippen LogP contribution in [0.4, 0.5) is 0 Å². The second-order valence-electron chi connectivity index (χ2n) is 6.16. The molecular weight excluding hydrogens is 250 g/mol.